The van der Waals surface area contributed by atoms with Crippen LogP contribution < -0.4 is 0 Å². The molecule has 0 spiro atoms. The largest absolute Gasteiger partial charge is 0.693 e. The Balaban J connectivity index is -0.0000000233. The van der Waals surface area contributed by atoms with Crippen molar-refractivity contribution in [1.29, 1.82) is 0 Å². The van der Waals surface area contributed by atoms with Gasteiger partial charge in [0.05, 0.1) is 0 Å². The van der Waals surface area contributed by atoms with E-state index >= 15 is 0 Å². The molecule has 0 aromatic heterocycles. The Hall–Kier alpha value is 0.624. The van der Waals surface area contributed by atoms with Gasteiger partial charge >= 0.3 is 0 Å². The number of hydrogen-bond donors (Lipinski definition) is 1. The minimum absolute atomic E-state index is 0. The van der Waals surface area contributed by atoms with Crippen LogP contribution in [-0.4, -0.2) is 24.1 Å². The number of hydrogen-bond acceptors (Lipinski definition) is 3. The first-order valence-corrected chi connectivity index (χ1v) is 4.44. The summed E-state index contributed by atoms with van der Waals surface area (Å²) in [6, 6.07) is 0. The molecule has 0 aromatic rings. The summed E-state index contributed by atoms with van der Waals surface area (Å²) in [5.41, 5.74) is 0. The van der Waals surface area contributed by atoms with Crippen molar-refractivity contribution in [3.05, 3.63) is 6.15 Å². The fourth-order valence-electron chi connectivity index (χ4n) is 0. The Kier molecular flexibility index (Phi) is 96.0. The fourth-order valence-corrected chi connectivity index (χ4v) is 0. The maximum absolute atomic E-state index is 8.36. The quantitative estimate of drug-likeness (QED) is 0.412. The van der Waals surface area contributed by atoms with Crippen molar-refractivity contribution in [2.45, 2.75) is 0 Å². The fraction of sp³-hybridized carbons (Fsp3) is 0.667. The van der Waals surface area contributed by atoms with Gasteiger partial charge in [-0.05, 0) is 12.5 Å². The predicted octanol–water partition coefficient (Wildman–Crippen LogP) is 2.04. The Morgan fingerprint density at radius 1 is 1.33 bits per heavy atom. The Labute approximate surface area is 73.3 Å². The van der Waals surface area contributed by atoms with Crippen molar-refractivity contribution >= 4 is 28.1 Å². The monoisotopic (exact) mass is 214 g/mol. The summed E-state index contributed by atoms with van der Waals surface area (Å²) >= 11 is 0. The van der Waals surface area contributed by atoms with Gasteiger partial charge < -0.3 is 11.3 Å². The Morgan fingerprint density at radius 3 is 1.44 bits per heavy atom. The molecule has 0 aliphatic heterocycles. The van der Waals surface area contributed by atoms with Crippen LogP contribution in [-0.2, 0) is 21.3 Å². The molecule has 0 amide bonds. The molecule has 62 valence electrons. The van der Waals surface area contributed by atoms with E-state index in [9.17, 15) is 0 Å². The average molecular weight is 215 g/mol. The third-order valence-corrected chi connectivity index (χ3v) is 1.50. The molecule has 0 fully saturated rings. The molecule has 9 heavy (non-hydrogen) atoms. The van der Waals surface area contributed by atoms with Crippen LogP contribution in [0, 0.1) is 0 Å². The summed E-state index contributed by atoms with van der Waals surface area (Å²) in [4.78, 5) is 8.36. The zero-order valence-corrected chi connectivity index (χ0v) is 7.76. The van der Waals surface area contributed by atoms with Crippen LogP contribution in [0.5, 0.6) is 0 Å². The van der Waals surface area contributed by atoms with Gasteiger partial charge in [-0.3, -0.25) is 4.79 Å². The van der Waals surface area contributed by atoms with Gasteiger partial charge in [0, 0.05) is 16.5 Å². The minimum Gasteiger partial charge on any atom is -0.693 e. The molecule has 0 bridgehead atoms. The number of carboxylic acid groups (broad SMARTS) is 1. The molecule has 0 atom stereocenters. The van der Waals surface area contributed by atoms with E-state index in [1.807, 2.05) is 0 Å². The van der Waals surface area contributed by atoms with Gasteiger partial charge in [-0.15, -0.1) is 0 Å². The van der Waals surface area contributed by atoms with Crippen molar-refractivity contribution in [2.75, 3.05) is 12.5 Å². The second kappa shape index (κ2) is 38.2. The van der Waals surface area contributed by atoms with Crippen molar-refractivity contribution in [3.8, 4) is 0 Å². The summed E-state index contributed by atoms with van der Waals surface area (Å²) in [5, 5.41) is 6.89. The molecule has 0 aliphatic carbocycles. The van der Waals surface area contributed by atoms with Crippen molar-refractivity contribution in [1.82, 2.24) is 0 Å². The second-order valence-corrected chi connectivity index (χ2v) is 3.11. The number of carbonyl (C=O) groups is 1. The van der Waals surface area contributed by atoms with E-state index in [-0.39, 0.29) is 29.1 Å². The first kappa shape index (κ1) is 22.6. The summed E-state index contributed by atoms with van der Waals surface area (Å²) in [5.74, 6) is 0. The molecule has 6 heteroatoms. The maximum atomic E-state index is 8.36. The Morgan fingerprint density at radius 2 is 1.44 bits per heavy atom. The molecule has 0 rings (SSSR count). The maximum Gasteiger partial charge on any atom is 0.290 e. The first-order chi connectivity index (χ1) is 3.33. The zero-order valence-electron chi connectivity index (χ0n) is 5.14. The van der Waals surface area contributed by atoms with Gasteiger partial charge in [-0.2, -0.15) is 0 Å². The van der Waals surface area contributed by atoms with Crippen LogP contribution >= 0.6 is 21.6 Å². The third kappa shape index (κ3) is 144. The van der Waals surface area contributed by atoms with Gasteiger partial charge in [0.25, 0.3) is 6.47 Å². The van der Waals surface area contributed by atoms with E-state index in [4.69, 9.17) is 9.90 Å². The molecule has 3 N–H and O–H groups in total. The van der Waals surface area contributed by atoms with Crippen LogP contribution in [0.25, 0.3) is 6.15 Å². The molecular weight excluding hydrogens is 205 g/mol. The van der Waals surface area contributed by atoms with E-state index in [0.717, 1.165) is 0 Å². The predicted molar refractivity (Wildman–Crippen MR) is 41.0 cm³/mol. The van der Waals surface area contributed by atoms with Gasteiger partial charge in [0.2, 0.25) is 0 Å². The summed E-state index contributed by atoms with van der Waals surface area (Å²) in [7, 11) is 3.55. The number of rotatable bonds is 1. The van der Waals surface area contributed by atoms with Crippen molar-refractivity contribution in [3.63, 3.8) is 0 Å². The molecule has 0 aliphatic rings. The van der Waals surface area contributed by atoms with Gasteiger partial charge in [-0.25, -0.2) is 0 Å². The molecular formula is C3H10NNiO2S2-. The topological polar surface area (TPSA) is 70.8 Å². The Bertz CT molecular complexity index is 39.0. The standard InChI is InChI=1S/C2H6S2.CH2O2.H2N.Ni/c1-3-4-2;2-1-3;;/h1-2H3;1H,(H,2,3);1H2;/q;;-1;. The van der Waals surface area contributed by atoms with Crippen molar-refractivity contribution in [2.24, 2.45) is 0 Å². The summed E-state index contributed by atoms with van der Waals surface area (Å²) < 4.78 is 0. The van der Waals surface area contributed by atoms with Crippen LogP contribution in [0.1, 0.15) is 0 Å². The van der Waals surface area contributed by atoms with Gasteiger partial charge in [0.1, 0.15) is 0 Å². The molecule has 3 nitrogen and oxygen atoms in total. The van der Waals surface area contributed by atoms with E-state index < -0.39 is 0 Å². The molecule has 0 saturated heterocycles. The molecule has 0 aromatic carbocycles. The summed E-state index contributed by atoms with van der Waals surface area (Å²) in [6.45, 7) is -0.250. The average Bonchev–Trinajstić information content (AvgIpc) is 1.69. The van der Waals surface area contributed by atoms with Crippen LogP contribution in [0.3, 0.4) is 0 Å². The molecule has 0 unspecified atom stereocenters. The minimum atomic E-state index is -0.250. The van der Waals surface area contributed by atoms with Crippen LogP contribution in [0.2, 0.25) is 0 Å². The van der Waals surface area contributed by atoms with E-state index in [1.165, 1.54) is 0 Å². The number of nitrogens with two attached hydrogens (primary N) is 1. The van der Waals surface area contributed by atoms with E-state index in [1.54, 1.807) is 21.6 Å². The molecule has 0 radical (unpaired) electrons. The van der Waals surface area contributed by atoms with E-state index in [0.29, 0.717) is 0 Å². The normalized spacial score (nSPS) is 4.67. The molecule has 0 saturated carbocycles. The zero-order chi connectivity index (χ0) is 6.12. The summed E-state index contributed by atoms with van der Waals surface area (Å²) in [6.07, 6.45) is 4.12. The van der Waals surface area contributed by atoms with Gasteiger partial charge in [0.15, 0.2) is 0 Å². The first-order valence-electron chi connectivity index (χ1n) is 1.48. The SMILES string of the molecule is CSSC.O=CO.[NH2-].[Ni]. The van der Waals surface area contributed by atoms with Gasteiger partial charge in [-0.1, -0.05) is 21.6 Å². The molecule has 0 heterocycles. The third-order valence-electron chi connectivity index (χ3n) is 0.167. The van der Waals surface area contributed by atoms with E-state index in [2.05, 4.69) is 12.5 Å². The van der Waals surface area contributed by atoms with Crippen LogP contribution in [0.15, 0.2) is 0 Å². The van der Waals surface area contributed by atoms with Crippen molar-refractivity contribution < 1.29 is 26.4 Å². The smallest absolute Gasteiger partial charge is 0.290 e. The van der Waals surface area contributed by atoms with Crippen LogP contribution in [0.4, 0.5) is 0 Å². The second-order valence-electron chi connectivity index (χ2n) is 0.439.